The number of rotatable bonds is 5. The zero-order chi connectivity index (χ0) is 18.7. The summed E-state index contributed by atoms with van der Waals surface area (Å²) in [6.45, 7) is 0. The minimum absolute atomic E-state index is 0.0683. The van der Waals surface area contributed by atoms with Crippen molar-refractivity contribution < 1.29 is 9.36 Å². The molecule has 136 valence electrons. The highest BCUT2D eigenvalue weighted by Gasteiger charge is 2.58. The van der Waals surface area contributed by atoms with Gasteiger partial charge in [0.1, 0.15) is 13.4 Å². The van der Waals surface area contributed by atoms with E-state index in [-0.39, 0.29) is 12.1 Å². The lowest BCUT2D eigenvalue weighted by molar-refractivity contribution is -0.108. The largest absolute Gasteiger partial charge is 0.317 e. The molecule has 2 nitrogen and oxygen atoms in total. The summed E-state index contributed by atoms with van der Waals surface area (Å²) in [6, 6.07) is 29.9. The SMILES string of the molecule is O=CC[C@]1(c2ccccc2)CC[C@@H](c2ccccc2)P1(=O)c1ccccc1. The van der Waals surface area contributed by atoms with E-state index in [4.69, 9.17) is 0 Å². The van der Waals surface area contributed by atoms with Gasteiger partial charge in [-0.1, -0.05) is 91.0 Å². The highest BCUT2D eigenvalue weighted by Crippen LogP contribution is 2.79. The molecule has 0 aromatic heterocycles. The Balaban J connectivity index is 1.99. The van der Waals surface area contributed by atoms with Crippen LogP contribution in [0, 0.1) is 0 Å². The Morgan fingerprint density at radius 2 is 1.41 bits per heavy atom. The highest BCUT2D eigenvalue weighted by molar-refractivity contribution is 7.73. The molecule has 1 aliphatic heterocycles. The first-order valence-corrected chi connectivity index (χ1v) is 11.2. The monoisotopic (exact) mass is 374 g/mol. The van der Waals surface area contributed by atoms with Gasteiger partial charge < -0.3 is 9.36 Å². The van der Waals surface area contributed by atoms with Crippen molar-refractivity contribution in [3.8, 4) is 0 Å². The van der Waals surface area contributed by atoms with Crippen LogP contribution in [0.15, 0.2) is 91.0 Å². The maximum atomic E-state index is 15.0. The summed E-state index contributed by atoms with van der Waals surface area (Å²) in [7, 11) is -2.97. The Morgan fingerprint density at radius 3 is 2.00 bits per heavy atom. The Morgan fingerprint density at radius 1 is 0.852 bits per heavy atom. The van der Waals surface area contributed by atoms with Gasteiger partial charge in [-0.25, -0.2) is 0 Å². The summed E-state index contributed by atoms with van der Waals surface area (Å²) in [6.07, 6.45) is 2.81. The molecule has 0 radical (unpaired) electrons. The third-order valence-electron chi connectivity index (χ3n) is 5.96. The second-order valence-electron chi connectivity index (χ2n) is 7.23. The zero-order valence-electron chi connectivity index (χ0n) is 15.2. The lowest BCUT2D eigenvalue weighted by Crippen LogP contribution is -2.28. The van der Waals surface area contributed by atoms with Gasteiger partial charge in [-0.3, -0.25) is 0 Å². The molecule has 1 saturated heterocycles. The summed E-state index contributed by atoms with van der Waals surface area (Å²) in [5, 5.41) is 0.236. The smallest absolute Gasteiger partial charge is 0.133 e. The second kappa shape index (κ2) is 7.29. The van der Waals surface area contributed by atoms with Gasteiger partial charge in [-0.05, 0) is 24.0 Å². The molecule has 0 saturated carbocycles. The molecule has 0 aliphatic carbocycles. The first kappa shape index (κ1) is 17.9. The van der Waals surface area contributed by atoms with Gasteiger partial charge in [-0.15, -0.1) is 0 Å². The van der Waals surface area contributed by atoms with Crippen LogP contribution < -0.4 is 5.30 Å². The summed E-state index contributed by atoms with van der Waals surface area (Å²) >= 11 is 0. The van der Waals surface area contributed by atoms with Crippen molar-refractivity contribution in [3.05, 3.63) is 102 Å². The fraction of sp³-hybridized carbons (Fsp3) is 0.208. The molecule has 3 aromatic carbocycles. The molecule has 1 fully saturated rings. The molecule has 0 spiro atoms. The number of carbonyl (C=O) groups is 1. The molecule has 1 heterocycles. The molecular formula is C24H23O2P. The van der Waals surface area contributed by atoms with Crippen LogP contribution >= 0.6 is 7.14 Å². The van der Waals surface area contributed by atoms with Gasteiger partial charge in [0.15, 0.2) is 0 Å². The van der Waals surface area contributed by atoms with E-state index in [0.29, 0.717) is 0 Å². The minimum atomic E-state index is -2.97. The first-order chi connectivity index (χ1) is 13.2. The van der Waals surface area contributed by atoms with E-state index >= 15 is 4.57 Å². The molecule has 0 N–H and O–H groups in total. The van der Waals surface area contributed by atoms with Crippen molar-refractivity contribution in [2.45, 2.75) is 30.1 Å². The standard InChI is InChI=1S/C24H23O2P/c25-19-18-24(21-12-6-2-7-13-21)17-16-23(20-10-4-1-5-11-20)27(24,26)22-14-8-3-9-15-22/h1-15,19,23H,16-18H2/t23-,24-,27?/m0/s1. The number of carbonyl (C=O) groups excluding carboxylic acids is 1. The van der Waals surface area contributed by atoms with Gasteiger partial charge in [0, 0.05) is 17.4 Å². The van der Waals surface area contributed by atoms with Crippen LogP contribution in [0.4, 0.5) is 0 Å². The van der Waals surface area contributed by atoms with E-state index in [9.17, 15) is 4.79 Å². The van der Waals surface area contributed by atoms with Crippen LogP contribution in [0.1, 0.15) is 36.0 Å². The summed E-state index contributed by atoms with van der Waals surface area (Å²) < 4.78 is 15.0. The number of aldehydes is 1. The maximum Gasteiger partial charge on any atom is 0.133 e. The molecule has 3 atom stereocenters. The number of hydrogen-bond acceptors (Lipinski definition) is 2. The van der Waals surface area contributed by atoms with Crippen molar-refractivity contribution in [1.29, 1.82) is 0 Å². The topological polar surface area (TPSA) is 34.1 Å². The van der Waals surface area contributed by atoms with Crippen molar-refractivity contribution in [3.63, 3.8) is 0 Å². The van der Waals surface area contributed by atoms with Gasteiger partial charge in [0.05, 0.1) is 5.16 Å². The molecule has 3 aromatic rings. The van der Waals surface area contributed by atoms with Crippen molar-refractivity contribution in [1.82, 2.24) is 0 Å². The number of hydrogen-bond donors (Lipinski definition) is 0. The first-order valence-electron chi connectivity index (χ1n) is 9.42. The Kier molecular flexibility index (Phi) is 4.85. The van der Waals surface area contributed by atoms with Gasteiger partial charge >= 0.3 is 0 Å². The Hall–Kier alpha value is -2.44. The molecular weight excluding hydrogens is 351 g/mol. The molecule has 1 unspecified atom stereocenters. The molecule has 3 heteroatoms. The van der Waals surface area contributed by atoms with Crippen LogP contribution in [-0.4, -0.2) is 6.29 Å². The zero-order valence-corrected chi connectivity index (χ0v) is 16.1. The van der Waals surface area contributed by atoms with Crippen molar-refractivity contribution in [2.75, 3.05) is 0 Å². The molecule has 27 heavy (non-hydrogen) atoms. The normalized spacial score (nSPS) is 27.3. The average molecular weight is 374 g/mol. The van der Waals surface area contributed by atoms with E-state index < -0.39 is 12.3 Å². The van der Waals surface area contributed by atoms with E-state index in [1.165, 1.54) is 0 Å². The molecule has 4 rings (SSSR count). The van der Waals surface area contributed by atoms with Gasteiger partial charge in [0.2, 0.25) is 0 Å². The Labute approximate surface area is 160 Å². The molecule has 0 amide bonds. The third kappa shape index (κ3) is 2.80. The fourth-order valence-corrected chi connectivity index (χ4v) is 9.22. The van der Waals surface area contributed by atoms with Crippen LogP contribution in [-0.2, 0) is 14.5 Å². The van der Waals surface area contributed by atoms with Crippen molar-refractivity contribution >= 4 is 18.7 Å². The predicted molar refractivity (Wildman–Crippen MR) is 111 cm³/mol. The van der Waals surface area contributed by atoms with Crippen LogP contribution in [0.5, 0.6) is 0 Å². The van der Waals surface area contributed by atoms with E-state index in [1.54, 1.807) is 0 Å². The Bertz CT molecular complexity index is 953. The quantitative estimate of drug-likeness (QED) is 0.424. The average Bonchev–Trinajstić information content (AvgIpc) is 3.04. The van der Waals surface area contributed by atoms with Crippen molar-refractivity contribution in [2.24, 2.45) is 0 Å². The predicted octanol–water partition coefficient (Wildman–Crippen LogP) is 5.69. The number of benzene rings is 3. The highest BCUT2D eigenvalue weighted by atomic mass is 31.2. The molecule has 0 bridgehead atoms. The summed E-state index contributed by atoms with van der Waals surface area (Å²) in [4.78, 5) is 11.8. The van der Waals surface area contributed by atoms with Gasteiger partial charge in [0.25, 0.3) is 0 Å². The third-order valence-corrected chi connectivity index (χ3v) is 10.4. The van der Waals surface area contributed by atoms with E-state index in [2.05, 4.69) is 12.1 Å². The van der Waals surface area contributed by atoms with Crippen LogP contribution in [0.2, 0.25) is 0 Å². The van der Waals surface area contributed by atoms with Crippen LogP contribution in [0.25, 0.3) is 0 Å². The second-order valence-corrected chi connectivity index (χ2v) is 10.5. The van der Waals surface area contributed by atoms with E-state index in [0.717, 1.165) is 35.6 Å². The van der Waals surface area contributed by atoms with Crippen LogP contribution in [0.3, 0.4) is 0 Å². The summed E-state index contributed by atoms with van der Waals surface area (Å²) in [5.41, 5.74) is 2.05. The minimum Gasteiger partial charge on any atom is -0.317 e. The van der Waals surface area contributed by atoms with E-state index in [1.807, 2.05) is 78.9 Å². The van der Waals surface area contributed by atoms with Gasteiger partial charge in [-0.2, -0.15) is 0 Å². The maximum absolute atomic E-state index is 15.0. The lowest BCUT2D eigenvalue weighted by Gasteiger charge is -2.37. The fourth-order valence-electron chi connectivity index (χ4n) is 4.73. The summed E-state index contributed by atoms with van der Waals surface area (Å²) in [5.74, 6) is 0. The molecule has 1 aliphatic rings. The lowest BCUT2D eigenvalue weighted by atomic mass is 9.90.